The van der Waals surface area contributed by atoms with Crippen molar-refractivity contribution in [1.82, 2.24) is 10.2 Å². The molecule has 0 heterocycles. The molecule has 0 aliphatic heterocycles. The first-order valence-corrected chi connectivity index (χ1v) is 8.60. The SMILES string of the molecule is CCN(C1CCCC1)C1CC(C(C)C)CCC1NC. The molecule has 0 spiro atoms. The quantitative estimate of drug-likeness (QED) is 0.817. The first-order chi connectivity index (χ1) is 9.17. The van der Waals surface area contributed by atoms with E-state index in [4.69, 9.17) is 0 Å². The van der Waals surface area contributed by atoms with Crippen LogP contribution in [0, 0.1) is 11.8 Å². The molecule has 0 aromatic heterocycles. The van der Waals surface area contributed by atoms with E-state index in [1.54, 1.807) is 0 Å². The monoisotopic (exact) mass is 266 g/mol. The molecule has 19 heavy (non-hydrogen) atoms. The van der Waals surface area contributed by atoms with Crippen molar-refractivity contribution in [2.24, 2.45) is 11.8 Å². The van der Waals surface area contributed by atoms with E-state index in [2.05, 4.69) is 38.0 Å². The predicted molar refractivity (Wildman–Crippen MR) is 83.5 cm³/mol. The Morgan fingerprint density at radius 2 is 1.79 bits per heavy atom. The van der Waals surface area contributed by atoms with Gasteiger partial charge in [0.2, 0.25) is 0 Å². The lowest BCUT2D eigenvalue weighted by Gasteiger charge is -2.46. The lowest BCUT2D eigenvalue weighted by molar-refractivity contribution is 0.0579. The van der Waals surface area contributed by atoms with Gasteiger partial charge in [-0.2, -0.15) is 0 Å². The number of likely N-dealkylation sites (N-methyl/N-ethyl adjacent to an activating group) is 2. The summed E-state index contributed by atoms with van der Waals surface area (Å²) in [5, 5.41) is 3.61. The van der Waals surface area contributed by atoms with Crippen LogP contribution in [0.15, 0.2) is 0 Å². The zero-order valence-electron chi connectivity index (χ0n) is 13.5. The fraction of sp³-hybridized carbons (Fsp3) is 1.00. The minimum absolute atomic E-state index is 0.718. The molecule has 0 saturated heterocycles. The number of hydrogen-bond acceptors (Lipinski definition) is 2. The van der Waals surface area contributed by atoms with Gasteiger partial charge in [-0.3, -0.25) is 4.90 Å². The van der Waals surface area contributed by atoms with Crippen LogP contribution < -0.4 is 5.32 Å². The highest BCUT2D eigenvalue weighted by Gasteiger charge is 2.37. The van der Waals surface area contributed by atoms with E-state index < -0.39 is 0 Å². The van der Waals surface area contributed by atoms with E-state index in [-0.39, 0.29) is 0 Å². The minimum Gasteiger partial charge on any atom is -0.315 e. The molecule has 1 N–H and O–H groups in total. The summed E-state index contributed by atoms with van der Waals surface area (Å²) in [7, 11) is 2.16. The zero-order chi connectivity index (χ0) is 13.8. The van der Waals surface area contributed by atoms with Crippen molar-refractivity contribution in [1.29, 1.82) is 0 Å². The van der Waals surface area contributed by atoms with E-state index in [1.807, 2.05) is 0 Å². The van der Waals surface area contributed by atoms with Gasteiger partial charge in [0.25, 0.3) is 0 Å². The molecule has 2 aliphatic rings. The first kappa shape index (κ1) is 15.3. The van der Waals surface area contributed by atoms with Gasteiger partial charge in [-0.25, -0.2) is 0 Å². The average Bonchev–Trinajstić information content (AvgIpc) is 2.93. The van der Waals surface area contributed by atoms with Crippen molar-refractivity contribution in [2.45, 2.75) is 83.8 Å². The van der Waals surface area contributed by atoms with Crippen molar-refractivity contribution >= 4 is 0 Å². The van der Waals surface area contributed by atoms with E-state index in [0.29, 0.717) is 0 Å². The van der Waals surface area contributed by atoms with Crippen molar-refractivity contribution in [3.63, 3.8) is 0 Å². The number of nitrogens with zero attached hydrogens (tertiary/aromatic N) is 1. The largest absolute Gasteiger partial charge is 0.315 e. The molecule has 0 aromatic carbocycles. The van der Waals surface area contributed by atoms with Gasteiger partial charge < -0.3 is 5.32 Å². The minimum atomic E-state index is 0.718. The number of rotatable bonds is 5. The lowest BCUT2D eigenvalue weighted by atomic mass is 9.76. The molecule has 2 aliphatic carbocycles. The molecule has 0 aromatic rings. The van der Waals surface area contributed by atoms with Crippen LogP contribution in [0.1, 0.15) is 65.7 Å². The van der Waals surface area contributed by atoms with Gasteiger partial charge in [0.15, 0.2) is 0 Å². The van der Waals surface area contributed by atoms with Crippen LogP contribution in [0.2, 0.25) is 0 Å². The van der Waals surface area contributed by atoms with Crippen LogP contribution in [0.3, 0.4) is 0 Å². The molecule has 2 nitrogen and oxygen atoms in total. The highest BCUT2D eigenvalue weighted by atomic mass is 15.2. The Balaban J connectivity index is 2.06. The van der Waals surface area contributed by atoms with E-state index in [9.17, 15) is 0 Å². The molecule has 3 atom stereocenters. The van der Waals surface area contributed by atoms with Crippen molar-refractivity contribution in [2.75, 3.05) is 13.6 Å². The summed E-state index contributed by atoms with van der Waals surface area (Å²) in [5.74, 6) is 1.78. The Labute approximate surface area is 120 Å². The smallest absolute Gasteiger partial charge is 0.0254 e. The highest BCUT2D eigenvalue weighted by molar-refractivity contribution is 4.94. The second kappa shape index (κ2) is 7.08. The Hall–Kier alpha value is -0.0800. The maximum absolute atomic E-state index is 3.61. The highest BCUT2D eigenvalue weighted by Crippen LogP contribution is 2.35. The fourth-order valence-corrected chi connectivity index (χ4v) is 4.49. The van der Waals surface area contributed by atoms with Crippen LogP contribution in [0.25, 0.3) is 0 Å². The van der Waals surface area contributed by atoms with E-state index in [0.717, 1.165) is 30.0 Å². The third-order valence-corrected chi connectivity index (χ3v) is 5.76. The molecular formula is C17H34N2. The number of hydrogen-bond donors (Lipinski definition) is 1. The van der Waals surface area contributed by atoms with Gasteiger partial charge >= 0.3 is 0 Å². The van der Waals surface area contributed by atoms with Crippen LogP contribution >= 0.6 is 0 Å². The molecular weight excluding hydrogens is 232 g/mol. The van der Waals surface area contributed by atoms with Gasteiger partial charge in [0, 0.05) is 18.1 Å². The summed E-state index contributed by atoms with van der Waals surface area (Å²) < 4.78 is 0. The van der Waals surface area contributed by atoms with E-state index in [1.165, 1.54) is 51.5 Å². The molecule has 2 heteroatoms. The summed E-state index contributed by atoms with van der Waals surface area (Å²) >= 11 is 0. The standard InChI is InChI=1S/C17H34N2/c1-5-19(15-8-6-7-9-15)17-12-14(13(2)3)10-11-16(17)18-4/h13-18H,5-12H2,1-4H3. The molecule has 0 bridgehead atoms. The first-order valence-electron chi connectivity index (χ1n) is 8.60. The molecule has 2 saturated carbocycles. The van der Waals surface area contributed by atoms with Crippen LogP contribution in [0.4, 0.5) is 0 Å². The van der Waals surface area contributed by atoms with Crippen molar-refractivity contribution in [3.05, 3.63) is 0 Å². The van der Waals surface area contributed by atoms with Gasteiger partial charge in [-0.15, -0.1) is 0 Å². The lowest BCUT2D eigenvalue weighted by Crippen LogP contribution is -2.55. The molecule has 3 unspecified atom stereocenters. The number of nitrogens with one attached hydrogen (secondary N) is 1. The van der Waals surface area contributed by atoms with Crippen LogP contribution in [0.5, 0.6) is 0 Å². The van der Waals surface area contributed by atoms with E-state index >= 15 is 0 Å². The second-order valence-corrected chi connectivity index (χ2v) is 7.05. The molecule has 112 valence electrons. The third-order valence-electron chi connectivity index (χ3n) is 5.76. The Morgan fingerprint density at radius 3 is 2.32 bits per heavy atom. The van der Waals surface area contributed by atoms with Crippen LogP contribution in [-0.4, -0.2) is 36.6 Å². The maximum Gasteiger partial charge on any atom is 0.0254 e. The summed E-state index contributed by atoms with van der Waals surface area (Å²) in [5.41, 5.74) is 0. The van der Waals surface area contributed by atoms with Crippen molar-refractivity contribution < 1.29 is 0 Å². The summed E-state index contributed by atoms with van der Waals surface area (Å²) in [6, 6.07) is 2.37. The molecule has 2 rings (SSSR count). The zero-order valence-corrected chi connectivity index (χ0v) is 13.5. The maximum atomic E-state index is 3.61. The summed E-state index contributed by atoms with van der Waals surface area (Å²) in [6.07, 6.45) is 9.97. The Kier molecular flexibility index (Phi) is 5.70. The molecule has 0 radical (unpaired) electrons. The fourth-order valence-electron chi connectivity index (χ4n) is 4.49. The summed E-state index contributed by atoms with van der Waals surface area (Å²) in [4.78, 5) is 2.85. The van der Waals surface area contributed by atoms with Gasteiger partial charge in [-0.05, 0) is 57.5 Å². The average molecular weight is 266 g/mol. The van der Waals surface area contributed by atoms with Gasteiger partial charge in [0.1, 0.15) is 0 Å². The predicted octanol–water partition coefficient (Wildman–Crippen LogP) is 3.66. The summed E-state index contributed by atoms with van der Waals surface area (Å²) in [6.45, 7) is 8.42. The second-order valence-electron chi connectivity index (χ2n) is 7.05. The van der Waals surface area contributed by atoms with Crippen molar-refractivity contribution in [3.8, 4) is 0 Å². The Morgan fingerprint density at radius 1 is 1.11 bits per heavy atom. The third kappa shape index (κ3) is 3.52. The topological polar surface area (TPSA) is 15.3 Å². The molecule has 2 fully saturated rings. The Bertz CT molecular complexity index is 258. The van der Waals surface area contributed by atoms with Gasteiger partial charge in [-0.1, -0.05) is 33.6 Å². The van der Waals surface area contributed by atoms with Crippen LogP contribution in [-0.2, 0) is 0 Å². The van der Waals surface area contributed by atoms with Gasteiger partial charge in [0.05, 0.1) is 0 Å². The molecule has 0 amide bonds. The normalized spacial score (nSPS) is 33.5.